The molecule has 6 nitrogen and oxygen atoms in total. The maximum Gasteiger partial charge on any atom is 0.249 e. The molecule has 4 unspecified atom stereocenters. The molecular weight excluding hydrogens is 731 g/mol. The molecule has 0 aliphatic rings. The topological polar surface area (TPSA) is 110 Å². The van der Waals surface area contributed by atoms with Crippen LogP contribution in [0.5, 0.6) is 0 Å². The Morgan fingerprint density at radius 3 is 1.07 bits per heavy atom. The van der Waals surface area contributed by atoms with Crippen molar-refractivity contribution in [3.05, 3.63) is 36.5 Å². The van der Waals surface area contributed by atoms with Crippen LogP contribution in [0.1, 0.15) is 264 Å². The Balaban J connectivity index is 3.66. The van der Waals surface area contributed by atoms with Gasteiger partial charge in [0, 0.05) is 0 Å². The SMILES string of the molecule is CCCCCCCCCCCCCCCCCCCCC/C=C/CC/C=C/CC/C=C/CCCC(O)C(O)C(CO)NC(=O)C(O)CCCCCCCCCCCCC. The average molecular weight is 832 g/mol. The van der Waals surface area contributed by atoms with E-state index in [1.54, 1.807) is 0 Å². The van der Waals surface area contributed by atoms with Crippen molar-refractivity contribution in [2.75, 3.05) is 6.61 Å². The number of allylic oxidation sites excluding steroid dienone is 6. The van der Waals surface area contributed by atoms with Crippen molar-refractivity contribution >= 4 is 5.91 Å². The van der Waals surface area contributed by atoms with Gasteiger partial charge < -0.3 is 25.7 Å². The van der Waals surface area contributed by atoms with Gasteiger partial charge in [0.1, 0.15) is 12.2 Å². The second-order valence-electron chi connectivity index (χ2n) is 17.8. The Kier molecular flexibility index (Phi) is 46.4. The van der Waals surface area contributed by atoms with Gasteiger partial charge in [-0.15, -0.1) is 0 Å². The molecule has 0 fully saturated rings. The van der Waals surface area contributed by atoms with E-state index in [4.69, 9.17) is 0 Å². The number of nitrogens with one attached hydrogen (secondary N) is 1. The maximum absolute atomic E-state index is 12.5. The van der Waals surface area contributed by atoms with Crippen LogP contribution >= 0.6 is 0 Å². The maximum atomic E-state index is 12.5. The van der Waals surface area contributed by atoms with Crippen LogP contribution in [0.25, 0.3) is 0 Å². The molecule has 0 rings (SSSR count). The summed E-state index contributed by atoms with van der Waals surface area (Å²) in [6.45, 7) is 4.03. The van der Waals surface area contributed by atoms with E-state index >= 15 is 0 Å². The first-order valence-corrected chi connectivity index (χ1v) is 25.9. The van der Waals surface area contributed by atoms with Crippen molar-refractivity contribution < 1.29 is 25.2 Å². The van der Waals surface area contributed by atoms with Gasteiger partial charge in [0.05, 0.1) is 18.8 Å². The second kappa shape index (κ2) is 47.6. The van der Waals surface area contributed by atoms with Crippen LogP contribution in [0, 0.1) is 0 Å². The molecule has 0 radical (unpaired) electrons. The quantitative estimate of drug-likeness (QED) is 0.0310. The number of rotatable bonds is 47. The van der Waals surface area contributed by atoms with E-state index in [0.29, 0.717) is 19.3 Å². The van der Waals surface area contributed by atoms with Crippen molar-refractivity contribution in [2.45, 2.75) is 289 Å². The zero-order chi connectivity index (χ0) is 43.1. The van der Waals surface area contributed by atoms with Crippen molar-refractivity contribution in [2.24, 2.45) is 0 Å². The lowest BCUT2D eigenvalue weighted by Gasteiger charge is -2.27. The van der Waals surface area contributed by atoms with Crippen LogP contribution in [-0.4, -0.2) is 57.3 Å². The summed E-state index contributed by atoms with van der Waals surface area (Å²) in [4.78, 5) is 12.5. The monoisotopic (exact) mass is 832 g/mol. The van der Waals surface area contributed by atoms with Crippen molar-refractivity contribution in [1.29, 1.82) is 0 Å². The summed E-state index contributed by atoms with van der Waals surface area (Å²) in [5.74, 6) is -0.600. The highest BCUT2D eigenvalue weighted by Crippen LogP contribution is 2.16. The Hall–Kier alpha value is -1.47. The lowest BCUT2D eigenvalue weighted by atomic mass is 10.00. The molecule has 4 atom stereocenters. The number of carbonyl (C=O) groups excluding carboxylic acids is 1. The van der Waals surface area contributed by atoms with Gasteiger partial charge in [-0.25, -0.2) is 0 Å². The zero-order valence-electron chi connectivity index (χ0n) is 39.3. The van der Waals surface area contributed by atoms with Gasteiger partial charge in [-0.1, -0.05) is 237 Å². The Morgan fingerprint density at radius 2 is 0.712 bits per heavy atom. The molecule has 0 aromatic carbocycles. The van der Waals surface area contributed by atoms with Gasteiger partial charge >= 0.3 is 0 Å². The molecule has 0 bridgehead atoms. The van der Waals surface area contributed by atoms with Crippen LogP contribution in [0.4, 0.5) is 0 Å². The molecule has 0 aliphatic heterocycles. The molecule has 0 saturated carbocycles. The predicted molar refractivity (Wildman–Crippen MR) is 256 cm³/mol. The van der Waals surface area contributed by atoms with Gasteiger partial charge in [-0.2, -0.15) is 0 Å². The van der Waals surface area contributed by atoms with E-state index in [1.165, 1.54) is 180 Å². The van der Waals surface area contributed by atoms with Gasteiger partial charge in [-0.05, 0) is 64.2 Å². The van der Waals surface area contributed by atoms with Gasteiger partial charge in [0.2, 0.25) is 5.91 Å². The number of hydrogen-bond acceptors (Lipinski definition) is 5. The van der Waals surface area contributed by atoms with Crippen LogP contribution < -0.4 is 5.32 Å². The first-order valence-electron chi connectivity index (χ1n) is 25.9. The Labute approximate surface area is 367 Å². The van der Waals surface area contributed by atoms with Crippen molar-refractivity contribution in [3.63, 3.8) is 0 Å². The fourth-order valence-electron chi connectivity index (χ4n) is 7.97. The molecule has 0 aliphatic carbocycles. The van der Waals surface area contributed by atoms with Crippen LogP contribution in [0.15, 0.2) is 36.5 Å². The van der Waals surface area contributed by atoms with Gasteiger partial charge in [0.15, 0.2) is 0 Å². The fraction of sp³-hybridized carbons (Fsp3) is 0.868. The molecule has 0 aromatic rings. The molecule has 0 aromatic heterocycles. The molecule has 5 N–H and O–H groups in total. The first kappa shape index (κ1) is 57.5. The lowest BCUT2D eigenvalue weighted by molar-refractivity contribution is -0.132. The number of aliphatic hydroxyl groups is 4. The molecule has 6 heteroatoms. The van der Waals surface area contributed by atoms with E-state index in [2.05, 4.69) is 55.6 Å². The van der Waals surface area contributed by atoms with Crippen LogP contribution in [-0.2, 0) is 4.79 Å². The number of hydrogen-bond donors (Lipinski definition) is 5. The van der Waals surface area contributed by atoms with E-state index in [-0.39, 0.29) is 0 Å². The highest BCUT2D eigenvalue weighted by molar-refractivity contribution is 5.80. The van der Waals surface area contributed by atoms with E-state index in [0.717, 1.165) is 51.4 Å². The van der Waals surface area contributed by atoms with Crippen molar-refractivity contribution in [1.82, 2.24) is 5.32 Å². The molecule has 59 heavy (non-hydrogen) atoms. The minimum Gasteiger partial charge on any atom is -0.394 e. The van der Waals surface area contributed by atoms with Crippen LogP contribution in [0.3, 0.4) is 0 Å². The molecule has 348 valence electrons. The summed E-state index contributed by atoms with van der Waals surface area (Å²) in [5.41, 5.74) is 0. The number of unbranched alkanes of at least 4 members (excludes halogenated alkanes) is 32. The summed E-state index contributed by atoms with van der Waals surface area (Å²) in [6.07, 6.45) is 58.0. The van der Waals surface area contributed by atoms with Gasteiger partial charge in [-0.3, -0.25) is 4.79 Å². The zero-order valence-corrected chi connectivity index (χ0v) is 39.3. The Bertz CT molecular complexity index is 935. The summed E-state index contributed by atoms with van der Waals surface area (Å²) >= 11 is 0. The van der Waals surface area contributed by atoms with E-state index in [9.17, 15) is 25.2 Å². The predicted octanol–water partition coefficient (Wildman–Crippen LogP) is 14.5. The third-order valence-electron chi connectivity index (χ3n) is 12.1. The van der Waals surface area contributed by atoms with Crippen molar-refractivity contribution in [3.8, 4) is 0 Å². The highest BCUT2D eigenvalue weighted by Gasteiger charge is 2.28. The third-order valence-corrected chi connectivity index (χ3v) is 12.1. The normalized spacial score (nSPS) is 14.2. The largest absolute Gasteiger partial charge is 0.394 e. The average Bonchev–Trinajstić information content (AvgIpc) is 3.24. The minimum absolute atomic E-state index is 0.360. The lowest BCUT2D eigenvalue weighted by Crippen LogP contribution is -2.53. The summed E-state index contributed by atoms with van der Waals surface area (Å²) in [5, 5.41) is 43.6. The van der Waals surface area contributed by atoms with Gasteiger partial charge in [0.25, 0.3) is 0 Å². The summed E-state index contributed by atoms with van der Waals surface area (Å²) < 4.78 is 0. The Morgan fingerprint density at radius 1 is 0.407 bits per heavy atom. The first-order chi connectivity index (χ1) is 29.0. The number of carbonyl (C=O) groups is 1. The molecule has 1 amide bonds. The molecule has 0 spiro atoms. The van der Waals surface area contributed by atoms with E-state index in [1.807, 2.05) is 0 Å². The molecular formula is C53H101NO5. The third kappa shape index (κ3) is 41.6. The van der Waals surface area contributed by atoms with E-state index < -0.39 is 36.9 Å². The standard InChI is InChI=1S/C53H101NO5/c1-3-5-7-9-11-13-15-16-17-18-19-20-21-22-23-24-25-26-27-28-29-30-31-32-33-34-35-37-38-40-42-44-46-50(56)52(58)49(48-55)54-53(59)51(57)47-45-43-41-39-36-14-12-10-8-6-4-2/h29-30,33-34,38,40,49-52,55-58H,3-28,31-32,35-37,39,41-48H2,1-2H3,(H,54,59)/b30-29+,34-33+,40-38+. The van der Waals surface area contributed by atoms with Crippen LogP contribution in [0.2, 0.25) is 0 Å². The summed E-state index contributed by atoms with van der Waals surface area (Å²) in [6, 6.07) is -1.01. The smallest absolute Gasteiger partial charge is 0.249 e. The minimum atomic E-state index is -1.29. The highest BCUT2D eigenvalue weighted by atomic mass is 16.3. The number of aliphatic hydroxyl groups excluding tert-OH is 4. The molecule has 0 heterocycles. The number of amides is 1. The fourth-order valence-corrected chi connectivity index (χ4v) is 7.97. The second-order valence-corrected chi connectivity index (χ2v) is 17.8. The summed E-state index contributed by atoms with van der Waals surface area (Å²) in [7, 11) is 0. The molecule has 0 saturated heterocycles.